The molecule has 0 aliphatic heterocycles. The van der Waals surface area contributed by atoms with Gasteiger partial charge < -0.3 is 13.2 Å². The first-order chi connectivity index (χ1) is 17.8. The van der Waals surface area contributed by atoms with Crippen molar-refractivity contribution in [3.05, 3.63) is 98.9 Å². The number of nitro benzene ring substituents is 1. The highest BCUT2D eigenvalue weighted by molar-refractivity contribution is 7.87. The number of halogens is 3. The van der Waals surface area contributed by atoms with Crippen LogP contribution in [0.15, 0.2) is 86.9 Å². The minimum atomic E-state index is -4.69. The van der Waals surface area contributed by atoms with Crippen molar-refractivity contribution >= 4 is 49.4 Å². The van der Waals surface area contributed by atoms with Crippen LogP contribution in [0.2, 0.25) is 0 Å². The fourth-order valence-electron chi connectivity index (χ4n) is 3.33. The second kappa shape index (κ2) is 9.88. The number of alkyl halides is 3. The SMILES string of the molecule is O=c1oc2c(OS(=O)(=O)c3ccc(C(F)(F)F)cc3)cccc2cc1N(c1cccc([N+](=O)[O-])c1)S(=O)[O-]. The standard InChI is InChI=1S/C22H13F3N2O9S2/c23-22(24,25)14-7-9-17(10-8-14)38(33,34)36-19-6-1-3-13-11-18(21(28)35-20(13)19)26(37(31)32)15-4-2-5-16(12-15)27(29)30/h1-12H,(H,31,32)/p-1. The van der Waals surface area contributed by atoms with Crippen LogP contribution in [0.4, 0.5) is 30.2 Å². The van der Waals surface area contributed by atoms with E-state index < -0.39 is 71.3 Å². The molecule has 0 bridgehead atoms. The molecule has 0 fully saturated rings. The number of benzene rings is 3. The number of nitro groups is 1. The highest BCUT2D eigenvalue weighted by atomic mass is 32.2. The van der Waals surface area contributed by atoms with Crippen LogP contribution in [0.1, 0.15) is 5.56 Å². The molecule has 11 nitrogen and oxygen atoms in total. The second-order valence-corrected chi connectivity index (χ2v) is 9.79. The van der Waals surface area contributed by atoms with Crippen LogP contribution in [0, 0.1) is 10.1 Å². The van der Waals surface area contributed by atoms with Crippen molar-refractivity contribution in [1.29, 1.82) is 0 Å². The summed E-state index contributed by atoms with van der Waals surface area (Å²) < 4.78 is 98.2. The van der Waals surface area contributed by atoms with Gasteiger partial charge in [0.15, 0.2) is 11.3 Å². The summed E-state index contributed by atoms with van der Waals surface area (Å²) in [6, 6.07) is 11.7. The van der Waals surface area contributed by atoms with Gasteiger partial charge >= 0.3 is 21.9 Å². The molecule has 1 heterocycles. The molecule has 0 aliphatic rings. The Balaban J connectivity index is 1.76. The van der Waals surface area contributed by atoms with Crippen molar-refractivity contribution < 1.29 is 43.9 Å². The van der Waals surface area contributed by atoms with Gasteiger partial charge in [0.1, 0.15) is 10.6 Å². The third-order valence-corrected chi connectivity index (χ3v) is 6.97. The first-order valence-electron chi connectivity index (χ1n) is 10.1. The lowest BCUT2D eigenvalue weighted by atomic mass is 10.2. The van der Waals surface area contributed by atoms with E-state index in [0.29, 0.717) is 28.6 Å². The molecule has 0 saturated heterocycles. The van der Waals surface area contributed by atoms with E-state index >= 15 is 0 Å². The first kappa shape index (κ1) is 26.8. The quantitative estimate of drug-likeness (QED) is 0.103. The van der Waals surface area contributed by atoms with Gasteiger partial charge in [-0.25, -0.2) is 4.79 Å². The van der Waals surface area contributed by atoms with E-state index in [1.807, 2.05) is 0 Å². The molecule has 0 aliphatic carbocycles. The molecule has 38 heavy (non-hydrogen) atoms. The summed E-state index contributed by atoms with van der Waals surface area (Å²) in [6.45, 7) is 0. The largest absolute Gasteiger partial charge is 0.755 e. The lowest BCUT2D eigenvalue weighted by Crippen LogP contribution is -2.25. The fourth-order valence-corrected chi connectivity index (χ4v) is 4.84. The molecular weight excluding hydrogens is 557 g/mol. The predicted octanol–water partition coefficient (Wildman–Crippen LogP) is 4.42. The Morgan fingerprint density at radius 1 is 1.00 bits per heavy atom. The number of para-hydroxylation sites is 1. The number of fused-ring (bicyclic) bond motifs is 1. The topological polar surface area (TPSA) is 160 Å². The zero-order valence-corrected chi connectivity index (χ0v) is 20.1. The van der Waals surface area contributed by atoms with Gasteiger partial charge in [-0.3, -0.25) is 18.6 Å². The van der Waals surface area contributed by atoms with Crippen molar-refractivity contribution in [2.75, 3.05) is 4.31 Å². The predicted molar refractivity (Wildman–Crippen MR) is 126 cm³/mol. The molecule has 4 aromatic rings. The van der Waals surface area contributed by atoms with Crippen LogP contribution in [-0.2, 0) is 27.6 Å². The smallest absolute Gasteiger partial charge is 0.416 e. The highest BCUT2D eigenvalue weighted by Crippen LogP contribution is 2.34. The van der Waals surface area contributed by atoms with Crippen LogP contribution in [0.3, 0.4) is 0 Å². The zero-order chi connectivity index (χ0) is 27.8. The number of non-ortho nitro benzene ring substituents is 1. The Bertz CT molecular complexity index is 1740. The Hall–Kier alpha value is -4.28. The minimum absolute atomic E-state index is 0.000556. The van der Waals surface area contributed by atoms with Gasteiger partial charge in [0.05, 0.1) is 27.4 Å². The van der Waals surface area contributed by atoms with Crippen LogP contribution in [0.5, 0.6) is 5.75 Å². The van der Waals surface area contributed by atoms with Crippen molar-refractivity contribution in [1.82, 2.24) is 0 Å². The normalized spacial score (nSPS) is 12.7. The lowest BCUT2D eigenvalue weighted by molar-refractivity contribution is -0.384. The third kappa shape index (κ3) is 5.36. The van der Waals surface area contributed by atoms with Gasteiger partial charge in [-0.2, -0.15) is 21.6 Å². The molecule has 0 N–H and O–H groups in total. The summed E-state index contributed by atoms with van der Waals surface area (Å²) in [5.41, 5.74) is -4.04. The van der Waals surface area contributed by atoms with E-state index in [0.717, 1.165) is 24.3 Å². The molecule has 16 heteroatoms. The Kier molecular flexibility index (Phi) is 6.96. The summed E-state index contributed by atoms with van der Waals surface area (Å²) in [7, 11) is -4.68. The monoisotopic (exact) mass is 569 g/mol. The van der Waals surface area contributed by atoms with Crippen LogP contribution < -0.4 is 14.1 Å². The van der Waals surface area contributed by atoms with Crippen molar-refractivity contribution in [3.8, 4) is 5.75 Å². The van der Waals surface area contributed by atoms with E-state index in [1.54, 1.807) is 0 Å². The average molecular weight is 569 g/mol. The van der Waals surface area contributed by atoms with Crippen molar-refractivity contribution in [3.63, 3.8) is 0 Å². The van der Waals surface area contributed by atoms with Crippen molar-refractivity contribution in [2.24, 2.45) is 0 Å². The van der Waals surface area contributed by atoms with E-state index in [4.69, 9.17) is 8.60 Å². The summed E-state index contributed by atoms with van der Waals surface area (Å²) in [5.74, 6) is -0.504. The molecule has 0 saturated carbocycles. The van der Waals surface area contributed by atoms with Crippen LogP contribution in [0.25, 0.3) is 11.0 Å². The lowest BCUT2D eigenvalue weighted by Gasteiger charge is -2.25. The highest BCUT2D eigenvalue weighted by Gasteiger charge is 2.31. The molecule has 0 spiro atoms. The first-order valence-corrected chi connectivity index (χ1v) is 12.5. The van der Waals surface area contributed by atoms with E-state index in [2.05, 4.69) is 0 Å². The molecular formula is C22H12F3N2O9S2-. The Morgan fingerprint density at radius 2 is 1.66 bits per heavy atom. The van der Waals surface area contributed by atoms with Gasteiger partial charge in [-0.1, -0.05) is 18.2 Å². The zero-order valence-electron chi connectivity index (χ0n) is 18.4. The maximum atomic E-state index is 12.8. The number of hydrogen-bond donors (Lipinski definition) is 0. The van der Waals surface area contributed by atoms with Gasteiger partial charge in [0.2, 0.25) is 0 Å². The molecule has 1 aromatic heterocycles. The van der Waals surface area contributed by atoms with Crippen LogP contribution >= 0.6 is 0 Å². The van der Waals surface area contributed by atoms with Gasteiger partial charge in [0, 0.05) is 17.5 Å². The maximum Gasteiger partial charge on any atom is 0.416 e. The van der Waals surface area contributed by atoms with E-state index in [1.165, 1.54) is 24.3 Å². The molecule has 3 aromatic carbocycles. The molecule has 1 atom stereocenters. The van der Waals surface area contributed by atoms with E-state index in [-0.39, 0.29) is 11.1 Å². The summed E-state index contributed by atoms with van der Waals surface area (Å²) >= 11 is -3.14. The summed E-state index contributed by atoms with van der Waals surface area (Å²) in [5, 5.41) is 11.1. The molecule has 0 radical (unpaired) electrons. The summed E-state index contributed by atoms with van der Waals surface area (Å²) in [6.07, 6.45) is -4.69. The van der Waals surface area contributed by atoms with Crippen LogP contribution in [-0.4, -0.2) is 22.1 Å². The molecule has 198 valence electrons. The fraction of sp³-hybridized carbons (Fsp3) is 0.0455. The number of rotatable bonds is 7. The number of hydrogen-bond acceptors (Lipinski definition) is 9. The molecule has 0 amide bonds. The maximum absolute atomic E-state index is 12.8. The van der Waals surface area contributed by atoms with Gasteiger partial charge in [0.25, 0.3) is 5.69 Å². The minimum Gasteiger partial charge on any atom is -0.755 e. The van der Waals surface area contributed by atoms with Gasteiger partial charge in [-0.15, -0.1) is 0 Å². The molecule has 4 rings (SSSR count). The van der Waals surface area contributed by atoms with Crippen molar-refractivity contribution in [2.45, 2.75) is 11.1 Å². The molecule has 1 unspecified atom stereocenters. The third-order valence-electron chi connectivity index (χ3n) is 5.02. The summed E-state index contributed by atoms with van der Waals surface area (Å²) in [4.78, 5) is 22.5. The number of anilines is 2. The second-order valence-electron chi connectivity index (χ2n) is 7.44. The van der Waals surface area contributed by atoms with Gasteiger partial charge in [-0.05, 0) is 42.5 Å². The Morgan fingerprint density at radius 3 is 2.26 bits per heavy atom. The number of nitrogens with zero attached hydrogens (tertiary/aromatic N) is 2. The van der Waals surface area contributed by atoms with E-state index in [9.17, 15) is 45.3 Å². The average Bonchev–Trinajstić information content (AvgIpc) is 2.84. The Labute approximate surface area is 213 Å².